The number of allylic oxidation sites excluding steroid dienone is 9. The number of hydrogen-bond donors (Lipinski definition) is 1. The Bertz CT molecular complexity index is 1430. The van der Waals surface area contributed by atoms with Crippen molar-refractivity contribution in [2.24, 2.45) is 23.7 Å². The summed E-state index contributed by atoms with van der Waals surface area (Å²) in [6.45, 7) is 9.09. The summed E-state index contributed by atoms with van der Waals surface area (Å²) in [5, 5.41) is 0. The predicted octanol–water partition coefficient (Wildman–Crippen LogP) is 8.45. The Balaban J connectivity index is 1.48. The number of carbonyl (C=O) groups is 2. The zero-order valence-electron chi connectivity index (χ0n) is 23.4. The molecule has 2 heterocycles. The minimum Gasteiger partial charge on any atom is -0.472 e. The monoisotopic (exact) mass is 545 g/mol. The minimum atomic E-state index is -3.33. The largest absolute Gasteiger partial charge is 0.472 e. The van der Waals surface area contributed by atoms with Crippen LogP contribution in [0.2, 0.25) is 0 Å². The summed E-state index contributed by atoms with van der Waals surface area (Å²) in [6.07, 6.45) is 15.1. The molecule has 0 aliphatic heterocycles. The molecule has 0 aromatic carbocycles. The molecule has 210 valence electrons. The maximum atomic E-state index is 15.5. The molecule has 0 radical (unpaired) electrons. The van der Waals surface area contributed by atoms with Crippen molar-refractivity contribution in [3.8, 4) is 0 Å². The summed E-state index contributed by atoms with van der Waals surface area (Å²) in [7, 11) is 0. The van der Waals surface area contributed by atoms with E-state index in [-0.39, 0.29) is 23.1 Å². The molecule has 0 saturated carbocycles. The first-order valence-electron chi connectivity index (χ1n) is 14.2. The molecular formula is C34H37F2NO3. The van der Waals surface area contributed by atoms with E-state index in [0.29, 0.717) is 48.5 Å². The highest BCUT2D eigenvalue weighted by molar-refractivity contribution is 6.13. The van der Waals surface area contributed by atoms with E-state index in [1.807, 2.05) is 45.2 Å². The lowest BCUT2D eigenvalue weighted by Crippen LogP contribution is -2.43. The standard InChI is InChI=1S/C34H37F2NO3/c1-5-34(35,36)29-17-25(27-16-20(2)37-18-27)10-7-11-28-30(29)21(3)22(4)31(33(28)39)32(38)24-9-6-8-23(12-13-24)26-14-15-40-19-26/h5,8,10,14-19,21-22,24,31,37H,1,6-7,9,11-13H2,2-4H3/b25-10?,29-17+. The van der Waals surface area contributed by atoms with Crippen LogP contribution in [0.15, 0.2) is 82.9 Å². The van der Waals surface area contributed by atoms with E-state index in [0.717, 1.165) is 35.2 Å². The van der Waals surface area contributed by atoms with Gasteiger partial charge in [0.2, 0.25) is 0 Å². The second-order valence-electron chi connectivity index (χ2n) is 11.5. The Labute approximate surface area is 234 Å². The smallest absolute Gasteiger partial charge is 0.291 e. The molecule has 0 saturated heterocycles. The van der Waals surface area contributed by atoms with Gasteiger partial charge in [-0.25, -0.2) is 0 Å². The molecule has 6 heteroatoms. The number of hydrogen-bond acceptors (Lipinski definition) is 3. The number of aryl methyl sites for hydroxylation is 1. The lowest BCUT2D eigenvalue weighted by atomic mass is 9.63. The number of carbonyl (C=O) groups excluding carboxylic acids is 2. The van der Waals surface area contributed by atoms with E-state index in [1.54, 1.807) is 12.5 Å². The van der Waals surface area contributed by atoms with Gasteiger partial charge in [0.15, 0.2) is 5.78 Å². The van der Waals surface area contributed by atoms with E-state index in [9.17, 15) is 9.59 Å². The Morgan fingerprint density at radius 3 is 2.62 bits per heavy atom. The minimum absolute atomic E-state index is 0.0418. The average Bonchev–Trinajstić information content (AvgIpc) is 3.54. The zero-order valence-corrected chi connectivity index (χ0v) is 23.4. The highest BCUT2D eigenvalue weighted by atomic mass is 19.3. The van der Waals surface area contributed by atoms with Crippen molar-refractivity contribution in [2.45, 2.75) is 65.2 Å². The van der Waals surface area contributed by atoms with Crippen molar-refractivity contribution < 1.29 is 22.8 Å². The van der Waals surface area contributed by atoms with Gasteiger partial charge >= 0.3 is 0 Å². The molecule has 3 aliphatic carbocycles. The molecule has 2 aromatic rings. The first-order chi connectivity index (χ1) is 19.1. The molecule has 1 N–H and O–H groups in total. The van der Waals surface area contributed by atoms with Crippen LogP contribution < -0.4 is 0 Å². The number of nitrogens with one attached hydrogen (secondary N) is 1. The maximum Gasteiger partial charge on any atom is 0.291 e. The number of Topliss-reactive ketones (excluding diaryl/α,β-unsaturated/α-hetero) is 2. The van der Waals surface area contributed by atoms with Crippen LogP contribution in [0.1, 0.15) is 69.2 Å². The Hall–Kier alpha value is -3.54. The topological polar surface area (TPSA) is 63.1 Å². The van der Waals surface area contributed by atoms with Crippen LogP contribution in [0, 0.1) is 30.6 Å². The van der Waals surface area contributed by atoms with Crippen LogP contribution in [0.5, 0.6) is 0 Å². The fourth-order valence-corrected chi connectivity index (χ4v) is 6.65. The van der Waals surface area contributed by atoms with Gasteiger partial charge in [-0.15, -0.1) is 0 Å². The Morgan fingerprint density at radius 2 is 1.95 bits per heavy atom. The normalized spacial score (nSPS) is 27.4. The summed E-state index contributed by atoms with van der Waals surface area (Å²) in [5.74, 6) is -5.50. The summed E-state index contributed by atoms with van der Waals surface area (Å²) in [6, 6.07) is 3.85. The summed E-state index contributed by atoms with van der Waals surface area (Å²) < 4.78 is 36.3. The number of aromatic nitrogens is 1. The first kappa shape index (κ1) is 28.0. The van der Waals surface area contributed by atoms with Crippen molar-refractivity contribution in [3.63, 3.8) is 0 Å². The maximum absolute atomic E-state index is 15.5. The summed E-state index contributed by atoms with van der Waals surface area (Å²) in [5.41, 5.74) is 5.21. The number of alkyl halides is 2. The third-order valence-corrected chi connectivity index (χ3v) is 9.07. The van der Waals surface area contributed by atoms with E-state index >= 15 is 8.78 Å². The molecule has 0 spiro atoms. The van der Waals surface area contributed by atoms with Gasteiger partial charge in [0.1, 0.15) is 5.78 Å². The molecule has 0 bridgehead atoms. The van der Waals surface area contributed by atoms with Crippen molar-refractivity contribution in [1.29, 1.82) is 0 Å². The summed E-state index contributed by atoms with van der Waals surface area (Å²) in [4.78, 5) is 31.2. The first-order valence-corrected chi connectivity index (χ1v) is 14.2. The van der Waals surface area contributed by atoms with Gasteiger partial charge in [0, 0.05) is 34.5 Å². The second kappa shape index (κ2) is 11.1. The van der Waals surface area contributed by atoms with Gasteiger partial charge in [-0.2, -0.15) is 8.78 Å². The lowest BCUT2D eigenvalue weighted by Gasteiger charge is -2.39. The van der Waals surface area contributed by atoms with Gasteiger partial charge in [-0.05, 0) is 104 Å². The highest BCUT2D eigenvalue weighted by Gasteiger charge is 2.48. The van der Waals surface area contributed by atoms with Crippen LogP contribution >= 0.6 is 0 Å². The van der Waals surface area contributed by atoms with Crippen molar-refractivity contribution in [3.05, 3.63) is 95.3 Å². The average molecular weight is 546 g/mol. The van der Waals surface area contributed by atoms with Gasteiger partial charge in [-0.3, -0.25) is 9.59 Å². The Kier molecular flexibility index (Phi) is 7.80. The molecule has 4 unspecified atom stereocenters. The molecular weight excluding hydrogens is 508 g/mol. The lowest BCUT2D eigenvalue weighted by molar-refractivity contribution is -0.137. The fraction of sp³-hybridized carbons (Fsp3) is 0.412. The number of H-pyrrole nitrogens is 1. The zero-order chi connectivity index (χ0) is 28.6. The van der Waals surface area contributed by atoms with Crippen molar-refractivity contribution in [2.75, 3.05) is 0 Å². The van der Waals surface area contributed by atoms with Crippen LogP contribution in [0.3, 0.4) is 0 Å². The van der Waals surface area contributed by atoms with E-state index in [2.05, 4.69) is 17.6 Å². The highest BCUT2D eigenvalue weighted by Crippen LogP contribution is 2.48. The van der Waals surface area contributed by atoms with Gasteiger partial charge in [0.25, 0.3) is 5.92 Å². The SMILES string of the molecule is C=CC(F)(F)/C1=C/C(c2c[nH]c(C)c2)=CCCC2=C1C(C)C(C)C(C(=O)C1CCC=C(c3ccoc3)CC1)C2=O. The summed E-state index contributed by atoms with van der Waals surface area (Å²) >= 11 is 0. The molecule has 40 heavy (non-hydrogen) atoms. The number of furan rings is 1. The number of rotatable bonds is 6. The van der Waals surface area contributed by atoms with Crippen molar-refractivity contribution >= 4 is 22.7 Å². The number of ketones is 2. The molecule has 4 nitrogen and oxygen atoms in total. The molecule has 4 atom stereocenters. The third kappa shape index (κ3) is 5.16. The predicted molar refractivity (Wildman–Crippen MR) is 153 cm³/mol. The van der Waals surface area contributed by atoms with Gasteiger partial charge in [-0.1, -0.05) is 32.6 Å². The van der Waals surface area contributed by atoms with E-state index in [1.165, 1.54) is 6.08 Å². The van der Waals surface area contributed by atoms with E-state index < -0.39 is 23.7 Å². The fourth-order valence-electron chi connectivity index (χ4n) is 6.65. The number of aromatic amines is 1. The van der Waals surface area contributed by atoms with Gasteiger partial charge < -0.3 is 9.40 Å². The van der Waals surface area contributed by atoms with Crippen LogP contribution in [0.25, 0.3) is 11.1 Å². The molecule has 5 rings (SSSR count). The molecule has 0 fully saturated rings. The van der Waals surface area contributed by atoms with Crippen molar-refractivity contribution in [1.82, 2.24) is 4.98 Å². The van der Waals surface area contributed by atoms with Crippen LogP contribution in [-0.2, 0) is 9.59 Å². The van der Waals surface area contributed by atoms with E-state index in [4.69, 9.17) is 4.42 Å². The second-order valence-corrected chi connectivity index (χ2v) is 11.5. The molecule has 0 amide bonds. The third-order valence-electron chi connectivity index (χ3n) is 9.07. The van der Waals surface area contributed by atoms with Crippen LogP contribution in [-0.4, -0.2) is 22.5 Å². The molecule has 2 aromatic heterocycles. The van der Waals surface area contributed by atoms with Crippen LogP contribution in [0.4, 0.5) is 8.78 Å². The number of halogens is 2. The Morgan fingerprint density at radius 1 is 1.15 bits per heavy atom. The quantitative estimate of drug-likeness (QED) is 0.293. The molecule has 3 aliphatic rings. The van der Waals surface area contributed by atoms with Gasteiger partial charge in [0.05, 0.1) is 18.4 Å².